The first-order chi connectivity index (χ1) is 10.2. The van der Waals surface area contributed by atoms with E-state index in [4.69, 9.17) is 23.2 Å². The van der Waals surface area contributed by atoms with Crippen LogP contribution in [0, 0.1) is 0 Å². The summed E-state index contributed by atoms with van der Waals surface area (Å²) in [5.41, 5.74) is 1.82. The van der Waals surface area contributed by atoms with Crippen molar-refractivity contribution in [2.75, 3.05) is 6.54 Å². The number of amidine groups is 2. The maximum atomic E-state index is 6.08. The summed E-state index contributed by atoms with van der Waals surface area (Å²) in [6.45, 7) is 2.70. The van der Waals surface area contributed by atoms with Crippen LogP contribution >= 0.6 is 35.1 Å². The van der Waals surface area contributed by atoms with Crippen LogP contribution in [0.2, 0.25) is 10.0 Å². The summed E-state index contributed by atoms with van der Waals surface area (Å²) in [6, 6.07) is 5.53. The Morgan fingerprint density at radius 3 is 2.90 bits per heavy atom. The molecular weight excluding hydrogens is 327 g/mol. The van der Waals surface area contributed by atoms with Gasteiger partial charge in [-0.1, -0.05) is 42.6 Å². The molecule has 0 bridgehead atoms. The van der Waals surface area contributed by atoms with Gasteiger partial charge in [0.2, 0.25) is 5.17 Å². The summed E-state index contributed by atoms with van der Waals surface area (Å²) in [7, 11) is 0. The number of fused-ring (bicyclic) bond motifs is 1. The summed E-state index contributed by atoms with van der Waals surface area (Å²) in [5.74, 6) is 0.970. The number of aliphatic imine (C=N–C) groups is 1. The zero-order chi connectivity index (χ0) is 14.8. The van der Waals surface area contributed by atoms with E-state index < -0.39 is 0 Å². The third kappa shape index (κ3) is 3.10. The van der Waals surface area contributed by atoms with Crippen molar-refractivity contribution in [2.45, 2.75) is 26.2 Å². The van der Waals surface area contributed by atoms with Crippen molar-refractivity contribution in [1.29, 1.82) is 0 Å². The van der Waals surface area contributed by atoms with Gasteiger partial charge in [0.15, 0.2) is 0 Å². The van der Waals surface area contributed by atoms with Gasteiger partial charge in [-0.2, -0.15) is 14.5 Å². The lowest BCUT2D eigenvalue weighted by atomic mass is 10.1. The van der Waals surface area contributed by atoms with Crippen molar-refractivity contribution >= 4 is 51.9 Å². The van der Waals surface area contributed by atoms with Crippen molar-refractivity contribution in [3.8, 4) is 0 Å². The van der Waals surface area contributed by atoms with E-state index in [1.165, 1.54) is 11.9 Å². The van der Waals surface area contributed by atoms with E-state index in [0.717, 1.165) is 41.5 Å². The highest BCUT2D eigenvalue weighted by molar-refractivity contribution is 8.13. The molecule has 0 radical (unpaired) electrons. The molecule has 1 aromatic rings. The smallest absolute Gasteiger partial charge is 0.209 e. The van der Waals surface area contributed by atoms with Crippen LogP contribution in [0.3, 0.4) is 0 Å². The first kappa shape index (κ1) is 14.9. The molecule has 0 N–H and O–H groups in total. The zero-order valence-corrected chi connectivity index (χ0v) is 13.8. The van der Waals surface area contributed by atoms with Gasteiger partial charge >= 0.3 is 0 Å². The maximum absolute atomic E-state index is 6.08. The van der Waals surface area contributed by atoms with Gasteiger partial charge in [-0.15, -0.1) is 0 Å². The average molecular weight is 341 g/mol. The monoisotopic (exact) mass is 340 g/mol. The van der Waals surface area contributed by atoms with Crippen LogP contribution in [0.5, 0.6) is 0 Å². The van der Waals surface area contributed by atoms with Crippen LogP contribution < -0.4 is 0 Å². The number of halogens is 2. The predicted molar refractivity (Wildman–Crippen MR) is 91.7 cm³/mol. The molecule has 4 nitrogen and oxygen atoms in total. The molecule has 2 aliphatic rings. The van der Waals surface area contributed by atoms with Gasteiger partial charge in [0, 0.05) is 12.0 Å². The van der Waals surface area contributed by atoms with Gasteiger partial charge < -0.3 is 0 Å². The molecule has 110 valence electrons. The van der Waals surface area contributed by atoms with Crippen molar-refractivity contribution in [1.82, 2.24) is 5.01 Å². The van der Waals surface area contributed by atoms with Crippen LogP contribution in [0.4, 0.5) is 0 Å². The van der Waals surface area contributed by atoms with Crippen molar-refractivity contribution in [2.24, 2.45) is 14.5 Å². The summed E-state index contributed by atoms with van der Waals surface area (Å²) < 4.78 is 4.45. The first-order valence-electron chi connectivity index (χ1n) is 6.80. The normalized spacial score (nSPS) is 17.3. The van der Waals surface area contributed by atoms with Crippen LogP contribution in [0.25, 0.3) is 0 Å². The van der Waals surface area contributed by atoms with Crippen LogP contribution in [-0.2, 0) is 0 Å². The van der Waals surface area contributed by atoms with E-state index in [2.05, 4.69) is 21.4 Å². The largest absolute Gasteiger partial charge is 0.253 e. The molecule has 0 aromatic heterocycles. The van der Waals surface area contributed by atoms with Crippen molar-refractivity contribution < 1.29 is 0 Å². The second-order valence-corrected chi connectivity index (χ2v) is 6.33. The molecule has 2 aliphatic heterocycles. The lowest BCUT2D eigenvalue weighted by molar-refractivity contribution is 0.634. The molecule has 0 atom stereocenters. The summed E-state index contributed by atoms with van der Waals surface area (Å²) >= 11 is 13.4. The quantitative estimate of drug-likeness (QED) is 0.750. The number of rotatable bonds is 4. The second kappa shape index (κ2) is 6.38. The Morgan fingerprint density at radius 1 is 1.29 bits per heavy atom. The van der Waals surface area contributed by atoms with Gasteiger partial charge in [-0.3, -0.25) is 4.99 Å². The molecule has 0 unspecified atom stereocenters. The van der Waals surface area contributed by atoms with Gasteiger partial charge in [-0.05, 0) is 18.6 Å². The minimum atomic E-state index is 0.530. The Morgan fingerprint density at radius 2 is 2.14 bits per heavy atom. The number of unbranched alkanes of at least 4 members (excludes halogenated alkanes) is 1. The Balaban J connectivity index is 1.85. The highest BCUT2D eigenvalue weighted by atomic mass is 35.5. The predicted octanol–water partition coefficient (Wildman–Crippen LogP) is 4.62. The van der Waals surface area contributed by atoms with E-state index in [1.807, 2.05) is 17.1 Å². The maximum Gasteiger partial charge on any atom is 0.209 e. The summed E-state index contributed by atoms with van der Waals surface area (Å²) in [6.07, 6.45) is 3.15. The van der Waals surface area contributed by atoms with E-state index >= 15 is 0 Å². The van der Waals surface area contributed by atoms with Crippen molar-refractivity contribution in [3.05, 3.63) is 33.8 Å². The van der Waals surface area contributed by atoms with Gasteiger partial charge in [0.1, 0.15) is 5.84 Å². The fourth-order valence-electron chi connectivity index (χ4n) is 2.08. The fourth-order valence-corrected chi connectivity index (χ4v) is 3.08. The highest BCUT2D eigenvalue weighted by Crippen LogP contribution is 2.28. The Bertz CT molecular complexity index is 654. The number of hydrogen-bond donors (Lipinski definition) is 0. The molecule has 2 heterocycles. The second-order valence-electron chi connectivity index (χ2n) is 4.79. The van der Waals surface area contributed by atoms with E-state index in [1.54, 1.807) is 6.07 Å². The fraction of sp³-hybridized carbons (Fsp3) is 0.357. The Labute approximate surface area is 138 Å². The third-order valence-corrected chi connectivity index (χ3v) is 4.76. The molecule has 1 aromatic carbocycles. The first-order valence-corrected chi connectivity index (χ1v) is 8.33. The molecule has 0 fully saturated rings. The van der Waals surface area contributed by atoms with Gasteiger partial charge in [0.25, 0.3) is 0 Å². The number of nitrogens with zero attached hydrogens (tertiary/aromatic N) is 4. The minimum absolute atomic E-state index is 0.530. The lowest BCUT2D eigenvalue weighted by Crippen LogP contribution is -2.32. The van der Waals surface area contributed by atoms with Gasteiger partial charge in [-0.25, -0.2) is 0 Å². The van der Waals surface area contributed by atoms with Crippen LogP contribution in [-0.4, -0.2) is 28.3 Å². The zero-order valence-electron chi connectivity index (χ0n) is 11.5. The molecule has 0 saturated heterocycles. The minimum Gasteiger partial charge on any atom is -0.253 e. The molecule has 7 heteroatoms. The number of hydrogen-bond acceptors (Lipinski definition) is 5. The molecule has 21 heavy (non-hydrogen) atoms. The molecular formula is C14H14Cl2N4S. The standard InChI is InChI=1S/C14H14Cl2N4S/c1-2-3-4-13-19-21-14-17-8-12(18-20(13)14)9-5-6-10(15)11(16)7-9/h5-7H,2-4,8H2,1H3. The molecule has 0 spiro atoms. The molecule has 0 saturated carbocycles. The number of benzene rings is 1. The SMILES string of the molecule is CCCCC1=NSC2=NCC(c3ccc(Cl)c(Cl)c3)=NN12. The van der Waals surface area contributed by atoms with Gasteiger partial charge in [0.05, 0.1) is 34.2 Å². The van der Waals surface area contributed by atoms with Crippen LogP contribution in [0.15, 0.2) is 32.7 Å². The van der Waals surface area contributed by atoms with Crippen LogP contribution in [0.1, 0.15) is 31.7 Å². The average Bonchev–Trinajstić information content (AvgIpc) is 2.90. The van der Waals surface area contributed by atoms with E-state index in [0.29, 0.717) is 16.6 Å². The summed E-state index contributed by atoms with van der Waals surface area (Å²) in [4.78, 5) is 4.54. The molecule has 0 aliphatic carbocycles. The summed E-state index contributed by atoms with van der Waals surface area (Å²) in [5, 5.41) is 8.46. The highest BCUT2D eigenvalue weighted by Gasteiger charge is 2.28. The Kier molecular flexibility index (Phi) is 4.52. The van der Waals surface area contributed by atoms with Crippen molar-refractivity contribution in [3.63, 3.8) is 0 Å². The molecule has 3 rings (SSSR count). The van der Waals surface area contributed by atoms with E-state index in [-0.39, 0.29) is 0 Å². The third-order valence-electron chi connectivity index (χ3n) is 3.25. The lowest BCUT2D eigenvalue weighted by Gasteiger charge is -2.20. The topological polar surface area (TPSA) is 40.3 Å². The molecule has 0 amide bonds. The number of hydrazone groups is 1. The Hall–Kier alpha value is -1.04. The van der Waals surface area contributed by atoms with E-state index in [9.17, 15) is 0 Å².